The molecule has 4 heterocycles. The summed E-state index contributed by atoms with van der Waals surface area (Å²) in [6.07, 6.45) is 10.9. The molecule has 0 bridgehead atoms. The van der Waals surface area contributed by atoms with E-state index in [-0.39, 0.29) is 11.1 Å². The molecule has 2 aliphatic rings. The van der Waals surface area contributed by atoms with Gasteiger partial charge < -0.3 is 25.3 Å². The Bertz CT molecular complexity index is 3420. The monoisotopic (exact) mass is 1050 g/mol. The maximum absolute atomic E-state index is 14.4. The van der Waals surface area contributed by atoms with Crippen LogP contribution >= 0.6 is 45.3 Å². The van der Waals surface area contributed by atoms with Gasteiger partial charge in [-0.25, -0.2) is 0 Å². The summed E-state index contributed by atoms with van der Waals surface area (Å²) in [7, 11) is 4.34. The molecule has 10 rings (SSSR count). The van der Waals surface area contributed by atoms with Gasteiger partial charge in [-0.15, -0.1) is 9.13 Å². The van der Waals surface area contributed by atoms with E-state index in [9.17, 15) is 9.59 Å². The second-order valence-electron chi connectivity index (χ2n) is 19.0. The van der Waals surface area contributed by atoms with Crippen molar-refractivity contribution >= 4 is 102 Å². The van der Waals surface area contributed by atoms with Crippen molar-refractivity contribution in [3.05, 3.63) is 191 Å². The zero-order chi connectivity index (χ0) is 51.2. The third-order valence-electron chi connectivity index (χ3n) is 13.6. The smallest absolute Gasteiger partial charge is 0.270 e. The van der Waals surface area contributed by atoms with Crippen molar-refractivity contribution < 1.29 is 18.7 Å². The molecule has 2 aliphatic heterocycles. The van der Waals surface area contributed by atoms with Gasteiger partial charge in [-0.3, -0.25) is 9.59 Å². The Morgan fingerprint density at radius 3 is 1.65 bits per heavy atom. The number of rotatable bonds is 17. The van der Waals surface area contributed by atoms with Crippen molar-refractivity contribution in [1.29, 1.82) is 0 Å². The largest absolute Gasteiger partial charge is 0.356 e. The molecule has 0 unspecified atom stereocenters. The lowest BCUT2D eigenvalue weighted by Crippen LogP contribution is -2.40. The van der Waals surface area contributed by atoms with Crippen molar-refractivity contribution in [3.8, 4) is 11.4 Å². The van der Waals surface area contributed by atoms with E-state index in [0.29, 0.717) is 25.3 Å². The van der Waals surface area contributed by atoms with Crippen LogP contribution in [0.25, 0.3) is 45.3 Å². The van der Waals surface area contributed by atoms with Gasteiger partial charge in [0.2, 0.25) is 38.4 Å². The van der Waals surface area contributed by atoms with Crippen molar-refractivity contribution in [2.24, 2.45) is 0 Å². The fourth-order valence-electron chi connectivity index (χ4n) is 9.62. The van der Waals surface area contributed by atoms with Crippen LogP contribution in [0.1, 0.15) is 30.4 Å². The topological polar surface area (TPSA) is 75.7 Å². The number of carbonyl (C=O) groups excluding carboxylic acids is 2. The van der Waals surface area contributed by atoms with Crippen molar-refractivity contribution in [1.82, 2.24) is 15.5 Å². The summed E-state index contributed by atoms with van der Waals surface area (Å²) in [6.45, 7) is 2.87. The number of anilines is 2. The molecule has 2 aromatic heterocycles. The van der Waals surface area contributed by atoms with E-state index in [4.69, 9.17) is 0 Å². The number of nitrogens with one attached hydrogen (secondary N) is 2. The SMILES string of the molecule is CN(CCCNC(=O)CCSc1cc(/C=C2/Sc3ccccc3N2C)c2ccccc2[n+]1-c1ccccc1)CCCNC(=O)S(C)(C)c1cc(/C=C2/Sc3ccccc3N2C)c2ccccc2[n+]1-c1ccccc1. The number of fused-ring (bicyclic) bond motifs is 4. The lowest BCUT2D eigenvalue weighted by molar-refractivity contribution is -0.609. The van der Waals surface area contributed by atoms with Crippen LogP contribution in [-0.2, 0) is 4.79 Å². The molecule has 376 valence electrons. The zero-order valence-corrected chi connectivity index (χ0v) is 45.9. The average Bonchev–Trinajstić information content (AvgIpc) is 3.92. The number of para-hydroxylation sites is 6. The van der Waals surface area contributed by atoms with E-state index in [1.165, 1.54) is 31.6 Å². The van der Waals surface area contributed by atoms with E-state index < -0.39 is 10.0 Å². The summed E-state index contributed by atoms with van der Waals surface area (Å²) in [5, 5.41) is 13.3. The minimum Gasteiger partial charge on any atom is -0.356 e. The molecule has 13 heteroatoms. The van der Waals surface area contributed by atoms with E-state index in [1.807, 2.05) is 12.1 Å². The van der Waals surface area contributed by atoms with Crippen LogP contribution in [0, 0.1) is 0 Å². The van der Waals surface area contributed by atoms with Crippen molar-refractivity contribution in [2.75, 3.05) is 75.4 Å². The van der Waals surface area contributed by atoms with Gasteiger partial charge in [-0.05, 0) is 105 Å². The molecule has 0 saturated heterocycles. The molecule has 0 fully saturated rings. The van der Waals surface area contributed by atoms with E-state index in [2.05, 4.69) is 238 Å². The van der Waals surface area contributed by atoms with Crippen LogP contribution < -0.4 is 29.6 Å². The number of pyridine rings is 2. The van der Waals surface area contributed by atoms with Gasteiger partial charge in [0, 0.05) is 97.7 Å². The first-order valence-corrected chi connectivity index (χ1v) is 30.2. The lowest BCUT2D eigenvalue weighted by atomic mass is 10.1. The molecule has 74 heavy (non-hydrogen) atoms. The van der Waals surface area contributed by atoms with E-state index in [1.54, 1.807) is 35.3 Å². The Balaban J connectivity index is 0.735. The summed E-state index contributed by atoms with van der Waals surface area (Å²) in [5.74, 6) is 0.707. The van der Waals surface area contributed by atoms with Crippen LogP contribution in [0.15, 0.2) is 200 Å². The first kappa shape index (κ1) is 51.0. The van der Waals surface area contributed by atoms with Crippen LogP contribution in [-0.4, -0.2) is 81.6 Å². The predicted molar refractivity (Wildman–Crippen MR) is 315 cm³/mol. The first-order valence-electron chi connectivity index (χ1n) is 25.2. The van der Waals surface area contributed by atoms with Gasteiger partial charge >= 0.3 is 0 Å². The van der Waals surface area contributed by atoms with Gasteiger partial charge in [-0.1, -0.05) is 130 Å². The molecule has 8 aromatic rings. The summed E-state index contributed by atoms with van der Waals surface area (Å²) in [4.78, 5) is 36.9. The number of benzene rings is 6. The highest BCUT2D eigenvalue weighted by molar-refractivity contribution is 8.44. The molecule has 6 aromatic carbocycles. The summed E-state index contributed by atoms with van der Waals surface area (Å²) in [5.41, 5.74) is 8.96. The average molecular weight is 1050 g/mol. The molecule has 0 atom stereocenters. The number of aromatic nitrogens is 2. The number of hydrogen-bond acceptors (Lipinski definition) is 8. The Morgan fingerprint density at radius 2 is 1.08 bits per heavy atom. The van der Waals surface area contributed by atoms with Crippen LogP contribution in [0.4, 0.5) is 16.2 Å². The van der Waals surface area contributed by atoms with Gasteiger partial charge in [0.25, 0.3) is 5.24 Å². The molecule has 2 amide bonds. The third-order valence-corrected chi connectivity index (χ3v) is 19.4. The molecular weight excluding hydrogens is 991 g/mol. The fraction of sp³-hybridized carbons (Fsp3) is 0.213. The van der Waals surface area contributed by atoms with Gasteiger partial charge in [0.15, 0.2) is 0 Å². The number of carbonyl (C=O) groups is 2. The van der Waals surface area contributed by atoms with Crippen molar-refractivity contribution in [3.63, 3.8) is 0 Å². The number of thioether (sulfide) groups is 3. The molecule has 0 saturated carbocycles. The summed E-state index contributed by atoms with van der Waals surface area (Å²) < 4.78 is 4.60. The van der Waals surface area contributed by atoms with Gasteiger partial charge in [0.05, 0.1) is 32.2 Å². The highest BCUT2D eigenvalue weighted by Gasteiger charge is 2.36. The number of nitrogens with zero attached hydrogens (tertiary/aromatic N) is 5. The maximum atomic E-state index is 14.4. The molecule has 9 nitrogen and oxygen atoms in total. The minimum atomic E-state index is -2.02. The molecule has 0 radical (unpaired) electrons. The normalized spacial score (nSPS) is 14.6. The second-order valence-corrected chi connectivity index (χ2v) is 25.7. The first-order chi connectivity index (χ1) is 36.0. The predicted octanol–water partition coefficient (Wildman–Crippen LogP) is 12.8. The minimum absolute atomic E-state index is 0.0585. The Kier molecular flexibility index (Phi) is 15.8. The molecule has 2 N–H and O–H groups in total. The van der Waals surface area contributed by atoms with Gasteiger partial charge in [0.1, 0.15) is 0 Å². The highest BCUT2D eigenvalue weighted by Crippen LogP contribution is 2.51. The Hall–Kier alpha value is -6.48. The standard InChI is InChI=1S/C61H61N7O2S4/c1-64(37-20-35-62-56(69)34-39-71-59-42-44(40-57-65(2)52-30-16-18-32-54(52)72-57)48-26-12-14-28-50(48)67(59)46-22-8-6-9-23-46)38-21-36-63-61(70)74(4,5)60-43-45(41-58-66(3)53-31-17-19-33-55(53)73-58)49-27-13-15-29-51(49)68(60)47-24-10-7-11-25-47/h6-19,22-33,40-43H,20-21,34-39H2,1-5H3/p+2. The highest BCUT2D eigenvalue weighted by atomic mass is 32.3. The second kappa shape index (κ2) is 23.0. The quantitative estimate of drug-likeness (QED) is 0.0531. The fourth-order valence-corrected chi connectivity index (χ4v) is 14.6. The van der Waals surface area contributed by atoms with Crippen LogP contribution in [0.3, 0.4) is 0 Å². The van der Waals surface area contributed by atoms with E-state index >= 15 is 0 Å². The number of hydrogen-bond donors (Lipinski definition) is 2. The maximum Gasteiger partial charge on any atom is 0.270 e. The van der Waals surface area contributed by atoms with Crippen LogP contribution in [0.2, 0.25) is 0 Å². The number of amides is 2. The Labute approximate surface area is 450 Å². The lowest BCUT2D eigenvalue weighted by Gasteiger charge is -2.28. The zero-order valence-electron chi connectivity index (χ0n) is 42.7. The summed E-state index contributed by atoms with van der Waals surface area (Å²) >= 11 is 5.29. The summed E-state index contributed by atoms with van der Waals surface area (Å²) in [6, 6.07) is 59.5. The molecule has 0 aliphatic carbocycles. The molecule has 0 spiro atoms. The third kappa shape index (κ3) is 11.0. The molecular formula is C61H63N7O2S4+2. The van der Waals surface area contributed by atoms with Gasteiger partial charge in [-0.2, -0.15) is 0 Å². The van der Waals surface area contributed by atoms with Crippen molar-refractivity contribution in [2.45, 2.75) is 39.1 Å². The van der Waals surface area contributed by atoms with E-state index in [0.717, 1.165) is 79.9 Å². The Morgan fingerprint density at radius 1 is 0.608 bits per heavy atom. The van der Waals surface area contributed by atoms with Crippen LogP contribution in [0.5, 0.6) is 0 Å².